The molecule has 1 atom stereocenters. The van der Waals surface area contributed by atoms with Crippen LogP contribution in [0.5, 0.6) is 0 Å². The number of aliphatic hydroxyl groups excluding tert-OH is 1. The highest BCUT2D eigenvalue weighted by atomic mass is 16.6. The van der Waals surface area contributed by atoms with Gasteiger partial charge in [-0.1, -0.05) is 0 Å². The summed E-state index contributed by atoms with van der Waals surface area (Å²) in [6.07, 6.45) is 0.449. The Hall–Kier alpha value is -0.160. The van der Waals surface area contributed by atoms with Crippen LogP contribution >= 0.6 is 0 Å². The molecule has 0 saturated carbocycles. The Labute approximate surface area is 78.6 Å². The van der Waals surface area contributed by atoms with Gasteiger partial charge in [-0.05, 0) is 0 Å². The van der Waals surface area contributed by atoms with E-state index in [4.69, 9.17) is 14.6 Å². The number of ether oxygens (including phenoxy) is 2. The maximum atomic E-state index is 9.02. The average Bonchev–Trinajstić information content (AvgIpc) is 2.90. The first-order chi connectivity index (χ1) is 6.35. The molecule has 0 bridgehead atoms. The molecule has 1 unspecified atom stereocenters. The fourth-order valence-corrected chi connectivity index (χ4v) is 2.05. The predicted molar refractivity (Wildman–Crippen MR) is 47.4 cm³/mol. The molecule has 2 fully saturated rings. The molecular formula is C9H18NO3+. The third-order valence-corrected chi connectivity index (χ3v) is 2.99. The maximum Gasteiger partial charge on any atom is 0.130 e. The Bertz CT molecular complexity index is 159. The monoisotopic (exact) mass is 188 g/mol. The van der Waals surface area contributed by atoms with Crippen LogP contribution in [0, 0.1) is 0 Å². The van der Waals surface area contributed by atoms with Crippen molar-refractivity contribution in [3.05, 3.63) is 0 Å². The van der Waals surface area contributed by atoms with Gasteiger partial charge in [0.2, 0.25) is 0 Å². The van der Waals surface area contributed by atoms with Crippen molar-refractivity contribution in [3.63, 3.8) is 0 Å². The van der Waals surface area contributed by atoms with Gasteiger partial charge in [0.15, 0.2) is 0 Å². The zero-order chi connectivity index (χ0) is 9.15. The Morgan fingerprint density at radius 3 is 2.54 bits per heavy atom. The number of quaternary nitrogens is 1. The van der Waals surface area contributed by atoms with Crippen molar-refractivity contribution in [2.24, 2.45) is 0 Å². The summed E-state index contributed by atoms with van der Waals surface area (Å²) in [6, 6.07) is 0. The molecule has 4 nitrogen and oxygen atoms in total. The van der Waals surface area contributed by atoms with E-state index in [0.717, 1.165) is 50.5 Å². The molecule has 0 aromatic rings. The number of aliphatic hydroxyl groups is 1. The van der Waals surface area contributed by atoms with Gasteiger partial charge in [0.05, 0.1) is 26.4 Å². The smallest absolute Gasteiger partial charge is 0.130 e. The Balaban J connectivity index is 1.90. The van der Waals surface area contributed by atoms with Crippen LogP contribution in [0.4, 0.5) is 0 Å². The Kier molecular flexibility index (Phi) is 2.83. The first kappa shape index (κ1) is 9.40. The number of hydrogen-bond donors (Lipinski definition) is 1. The van der Waals surface area contributed by atoms with Gasteiger partial charge in [0, 0.05) is 0 Å². The van der Waals surface area contributed by atoms with Crippen molar-refractivity contribution >= 4 is 0 Å². The lowest BCUT2D eigenvalue weighted by Gasteiger charge is -2.40. The van der Waals surface area contributed by atoms with Crippen molar-refractivity contribution in [1.29, 1.82) is 0 Å². The van der Waals surface area contributed by atoms with Gasteiger partial charge in [0.1, 0.15) is 32.3 Å². The molecule has 0 aromatic carbocycles. The molecule has 2 rings (SSSR count). The summed E-state index contributed by atoms with van der Waals surface area (Å²) in [4.78, 5) is 0. The molecule has 0 amide bonds. The molecule has 76 valence electrons. The first-order valence-electron chi connectivity index (χ1n) is 5.00. The third-order valence-electron chi connectivity index (χ3n) is 2.99. The van der Waals surface area contributed by atoms with E-state index in [1.54, 1.807) is 0 Å². The van der Waals surface area contributed by atoms with E-state index < -0.39 is 0 Å². The number of morpholine rings is 1. The molecular weight excluding hydrogens is 170 g/mol. The molecule has 2 aliphatic rings. The lowest BCUT2D eigenvalue weighted by Crippen LogP contribution is -2.58. The van der Waals surface area contributed by atoms with Crippen LogP contribution in [-0.4, -0.2) is 68.3 Å². The Morgan fingerprint density at radius 1 is 1.31 bits per heavy atom. The maximum absolute atomic E-state index is 9.02. The molecule has 2 heterocycles. The van der Waals surface area contributed by atoms with Crippen LogP contribution in [0.25, 0.3) is 0 Å². The van der Waals surface area contributed by atoms with Crippen LogP contribution in [0.2, 0.25) is 0 Å². The van der Waals surface area contributed by atoms with E-state index in [1.807, 2.05) is 0 Å². The van der Waals surface area contributed by atoms with Gasteiger partial charge < -0.3 is 19.1 Å². The van der Waals surface area contributed by atoms with Crippen LogP contribution in [0.1, 0.15) is 0 Å². The lowest BCUT2D eigenvalue weighted by atomic mass is 10.2. The average molecular weight is 188 g/mol. The molecule has 0 spiro atoms. The van der Waals surface area contributed by atoms with E-state index in [0.29, 0.717) is 6.10 Å². The van der Waals surface area contributed by atoms with E-state index in [1.165, 1.54) is 0 Å². The second-order valence-corrected chi connectivity index (χ2v) is 3.99. The SMILES string of the molecule is OCC[N+]1(CC2CO2)CCOCC1. The predicted octanol–water partition coefficient (Wildman–Crippen LogP) is -0.775. The topological polar surface area (TPSA) is 42.0 Å². The fraction of sp³-hybridized carbons (Fsp3) is 1.00. The van der Waals surface area contributed by atoms with Gasteiger partial charge in [-0.25, -0.2) is 0 Å². The van der Waals surface area contributed by atoms with Crippen LogP contribution in [0.15, 0.2) is 0 Å². The molecule has 4 heteroatoms. The molecule has 0 aliphatic carbocycles. The molecule has 0 aromatic heterocycles. The number of nitrogens with zero attached hydrogens (tertiary/aromatic N) is 1. The van der Waals surface area contributed by atoms with Crippen molar-refractivity contribution in [2.45, 2.75) is 6.10 Å². The van der Waals surface area contributed by atoms with E-state index >= 15 is 0 Å². The van der Waals surface area contributed by atoms with Crippen LogP contribution in [0.3, 0.4) is 0 Å². The summed E-state index contributed by atoms with van der Waals surface area (Å²) >= 11 is 0. The summed E-state index contributed by atoms with van der Waals surface area (Å²) in [5, 5.41) is 9.02. The number of epoxide rings is 1. The van der Waals surface area contributed by atoms with Gasteiger partial charge in [0.25, 0.3) is 0 Å². The molecule has 1 N–H and O–H groups in total. The quantitative estimate of drug-likeness (QED) is 0.465. The van der Waals surface area contributed by atoms with Crippen molar-refractivity contribution in [3.8, 4) is 0 Å². The van der Waals surface area contributed by atoms with Gasteiger partial charge in [-0.3, -0.25) is 0 Å². The molecule has 13 heavy (non-hydrogen) atoms. The second kappa shape index (κ2) is 3.92. The van der Waals surface area contributed by atoms with E-state index in [-0.39, 0.29) is 6.61 Å². The van der Waals surface area contributed by atoms with Gasteiger partial charge in [-0.2, -0.15) is 0 Å². The standard InChI is InChI=1S/C9H18NO3/c11-4-1-10(7-9-8-13-9)2-5-12-6-3-10/h9,11H,1-8H2/q+1. The lowest BCUT2D eigenvalue weighted by molar-refractivity contribution is -0.935. The zero-order valence-electron chi connectivity index (χ0n) is 7.95. The minimum absolute atomic E-state index is 0.271. The summed E-state index contributed by atoms with van der Waals surface area (Å²) in [6.45, 7) is 6.80. The minimum atomic E-state index is 0.271. The number of rotatable bonds is 4. The second-order valence-electron chi connectivity index (χ2n) is 3.99. The van der Waals surface area contributed by atoms with E-state index in [9.17, 15) is 0 Å². The highest BCUT2D eigenvalue weighted by molar-refractivity contribution is 4.69. The Morgan fingerprint density at radius 2 is 2.00 bits per heavy atom. The van der Waals surface area contributed by atoms with Gasteiger partial charge in [-0.15, -0.1) is 0 Å². The largest absolute Gasteiger partial charge is 0.391 e. The zero-order valence-corrected chi connectivity index (χ0v) is 7.95. The van der Waals surface area contributed by atoms with Crippen molar-refractivity contribution in [1.82, 2.24) is 0 Å². The normalized spacial score (nSPS) is 31.6. The highest BCUT2D eigenvalue weighted by Crippen LogP contribution is 2.19. The molecule has 2 saturated heterocycles. The van der Waals surface area contributed by atoms with Crippen LogP contribution < -0.4 is 0 Å². The van der Waals surface area contributed by atoms with Gasteiger partial charge >= 0.3 is 0 Å². The van der Waals surface area contributed by atoms with Crippen molar-refractivity contribution < 1.29 is 19.1 Å². The minimum Gasteiger partial charge on any atom is -0.391 e. The number of hydrogen-bond acceptors (Lipinski definition) is 3. The van der Waals surface area contributed by atoms with Crippen molar-refractivity contribution in [2.75, 3.05) is 52.6 Å². The van der Waals surface area contributed by atoms with Crippen LogP contribution in [-0.2, 0) is 9.47 Å². The fourth-order valence-electron chi connectivity index (χ4n) is 2.05. The summed E-state index contributed by atoms with van der Waals surface area (Å²) in [5.74, 6) is 0. The third kappa shape index (κ3) is 2.40. The first-order valence-corrected chi connectivity index (χ1v) is 5.00. The summed E-state index contributed by atoms with van der Waals surface area (Å²) < 4.78 is 11.6. The highest BCUT2D eigenvalue weighted by Gasteiger charge is 2.37. The van der Waals surface area contributed by atoms with E-state index in [2.05, 4.69) is 0 Å². The molecule has 2 aliphatic heterocycles. The molecule has 0 radical (unpaired) electrons. The summed E-state index contributed by atoms with van der Waals surface area (Å²) in [5.41, 5.74) is 0. The summed E-state index contributed by atoms with van der Waals surface area (Å²) in [7, 11) is 0.